The number of anilines is 1. The lowest BCUT2D eigenvalue weighted by molar-refractivity contribution is -0.122. The van der Waals surface area contributed by atoms with Crippen molar-refractivity contribution in [1.82, 2.24) is 10.0 Å². The van der Waals surface area contributed by atoms with E-state index in [4.69, 9.17) is 0 Å². The summed E-state index contributed by atoms with van der Waals surface area (Å²) in [6.45, 7) is 4.77. The van der Waals surface area contributed by atoms with E-state index in [9.17, 15) is 18.0 Å². The van der Waals surface area contributed by atoms with Gasteiger partial charge in [-0.3, -0.25) is 9.59 Å². The number of carbonyl (C=O) groups is 2. The molecule has 0 spiro atoms. The van der Waals surface area contributed by atoms with Crippen LogP contribution >= 0.6 is 0 Å². The Labute approximate surface area is 218 Å². The zero-order valence-corrected chi connectivity index (χ0v) is 22.1. The Kier molecular flexibility index (Phi) is 8.41. The first kappa shape index (κ1) is 26.6. The second-order valence-corrected chi connectivity index (χ2v) is 11.0. The number of hydrogen-bond acceptors (Lipinski definition) is 4. The number of benzene rings is 3. The van der Waals surface area contributed by atoms with Gasteiger partial charge in [0.25, 0.3) is 0 Å². The van der Waals surface area contributed by atoms with Gasteiger partial charge in [-0.05, 0) is 61.1 Å². The van der Waals surface area contributed by atoms with Crippen molar-refractivity contribution in [1.29, 1.82) is 0 Å². The lowest BCUT2D eigenvalue weighted by atomic mass is 10.1. The van der Waals surface area contributed by atoms with Gasteiger partial charge >= 0.3 is 0 Å². The van der Waals surface area contributed by atoms with Crippen molar-refractivity contribution >= 4 is 27.5 Å². The van der Waals surface area contributed by atoms with Crippen molar-refractivity contribution in [2.45, 2.75) is 50.5 Å². The van der Waals surface area contributed by atoms with E-state index in [1.165, 1.54) is 11.6 Å². The zero-order chi connectivity index (χ0) is 26.4. The van der Waals surface area contributed by atoms with Crippen LogP contribution in [-0.4, -0.2) is 39.4 Å². The maximum atomic E-state index is 13.4. The Bertz CT molecular complexity index is 1360. The Hall–Kier alpha value is -3.49. The van der Waals surface area contributed by atoms with Gasteiger partial charge in [0.05, 0.1) is 4.90 Å². The Balaban J connectivity index is 1.49. The van der Waals surface area contributed by atoms with E-state index in [0.717, 1.165) is 22.4 Å². The fourth-order valence-electron chi connectivity index (χ4n) is 4.50. The lowest BCUT2D eigenvalue weighted by Gasteiger charge is -2.20. The Morgan fingerprint density at radius 2 is 1.70 bits per heavy atom. The second-order valence-electron chi connectivity index (χ2n) is 9.33. The molecule has 1 aliphatic heterocycles. The molecule has 3 aromatic carbocycles. The van der Waals surface area contributed by atoms with Crippen molar-refractivity contribution in [3.05, 3.63) is 95.1 Å². The third-order valence-electron chi connectivity index (χ3n) is 6.59. The van der Waals surface area contributed by atoms with Crippen LogP contribution in [0.4, 0.5) is 5.69 Å². The summed E-state index contributed by atoms with van der Waals surface area (Å²) in [5, 5.41) is 2.90. The normalized spacial score (nSPS) is 13.7. The van der Waals surface area contributed by atoms with Crippen molar-refractivity contribution in [2.24, 2.45) is 0 Å². The molecule has 2 amide bonds. The topological polar surface area (TPSA) is 95.6 Å². The van der Waals surface area contributed by atoms with E-state index in [0.29, 0.717) is 32.4 Å². The molecule has 4 rings (SSSR count). The molecular formula is C29H33N3O4S. The maximum absolute atomic E-state index is 13.4. The first-order valence-corrected chi connectivity index (χ1v) is 14.1. The number of hydrogen-bond donors (Lipinski definition) is 2. The molecule has 3 aromatic rings. The fraction of sp³-hybridized carbons (Fsp3) is 0.310. The molecule has 1 heterocycles. The third-order valence-corrected chi connectivity index (χ3v) is 8.06. The number of amides is 2. The Morgan fingerprint density at radius 1 is 0.973 bits per heavy atom. The van der Waals surface area contributed by atoms with Crippen molar-refractivity contribution < 1.29 is 18.0 Å². The first-order valence-electron chi connectivity index (χ1n) is 12.6. The summed E-state index contributed by atoms with van der Waals surface area (Å²) < 4.78 is 29.4. The summed E-state index contributed by atoms with van der Waals surface area (Å²) >= 11 is 0. The number of carbonyl (C=O) groups excluding carboxylic acids is 2. The van der Waals surface area contributed by atoms with Crippen LogP contribution in [0.15, 0.2) is 77.7 Å². The predicted octanol–water partition coefficient (Wildman–Crippen LogP) is 3.54. The van der Waals surface area contributed by atoms with Crippen molar-refractivity contribution in [3.8, 4) is 0 Å². The first-order chi connectivity index (χ1) is 17.8. The largest absolute Gasteiger partial charge is 0.354 e. The predicted molar refractivity (Wildman–Crippen MR) is 145 cm³/mol. The van der Waals surface area contributed by atoms with Gasteiger partial charge in [-0.2, -0.15) is 4.72 Å². The molecule has 8 heteroatoms. The summed E-state index contributed by atoms with van der Waals surface area (Å²) in [6, 6.07) is 21.2. The van der Waals surface area contributed by atoms with Crippen LogP contribution in [0.5, 0.6) is 0 Å². The van der Waals surface area contributed by atoms with Gasteiger partial charge in [-0.25, -0.2) is 8.42 Å². The summed E-state index contributed by atoms with van der Waals surface area (Å²) in [5.74, 6) is -0.363. The molecule has 7 nitrogen and oxygen atoms in total. The highest BCUT2D eigenvalue weighted by molar-refractivity contribution is 7.89. The minimum absolute atomic E-state index is 0.0118. The van der Waals surface area contributed by atoms with Gasteiger partial charge in [0.1, 0.15) is 6.04 Å². The van der Waals surface area contributed by atoms with Crippen LogP contribution in [0.2, 0.25) is 0 Å². The quantitative estimate of drug-likeness (QED) is 0.428. The molecule has 0 radical (unpaired) electrons. The van der Waals surface area contributed by atoms with Crippen LogP contribution in [0.1, 0.15) is 35.6 Å². The molecular weight excluding hydrogens is 486 g/mol. The smallest absolute Gasteiger partial charge is 0.241 e. The summed E-state index contributed by atoms with van der Waals surface area (Å²) in [6.07, 6.45) is 1.85. The number of aryl methyl sites for hydroxylation is 1. The summed E-state index contributed by atoms with van der Waals surface area (Å²) in [7, 11) is -3.99. The number of rotatable bonds is 10. The second kappa shape index (κ2) is 11.7. The van der Waals surface area contributed by atoms with E-state index in [1.807, 2.05) is 68.4 Å². The van der Waals surface area contributed by atoms with E-state index in [-0.39, 0.29) is 23.1 Å². The van der Waals surface area contributed by atoms with Crippen LogP contribution < -0.4 is 14.9 Å². The summed E-state index contributed by atoms with van der Waals surface area (Å²) in [4.78, 5) is 27.1. The average molecular weight is 520 g/mol. The molecule has 194 valence electrons. The molecule has 0 aromatic heterocycles. The minimum atomic E-state index is -3.99. The molecule has 0 fully saturated rings. The van der Waals surface area contributed by atoms with Crippen molar-refractivity contribution in [2.75, 3.05) is 18.0 Å². The average Bonchev–Trinajstić information content (AvgIpc) is 3.33. The molecule has 37 heavy (non-hydrogen) atoms. The SMILES string of the molecule is CCC(=O)N1CCc2cc(S(=O)(=O)N[C@H](Cc3ccccc3)C(=O)NCCc3ccc(C)cc3)ccc21. The van der Waals surface area contributed by atoms with E-state index < -0.39 is 16.1 Å². The summed E-state index contributed by atoms with van der Waals surface area (Å²) in [5.41, 5.74) is 4.68. The molecule has 2 N–H and O–H groups in total. The number of sulfonamides is 1. The van der Waals surface area contributed by atoms with E-state index in [1.54, 1.807) is 17.0 Å². The number of nitrogens with zero attached hydrogens (tertiary/aromatic N) is 1. The molecule has 0 saturated heterocycles. The van der Waals surface area contributed by atoms with Crippen LogP contribution in [0, 0.1) is 6.92 Å². The van der Waals surface area contributed by atoms with E-state index in [2.05, 4.69) is 10.0 Å². The molecule has 0 unspecified atom stereocenters. The molecule has 0 aliphatic carbocycles. The van der Waals surface area contributed by atoms with Gasteiger partial charge in [0, 0.05) is 25.2 Å². The maximum Gasteiger partial charge on any atom is 0.241 e. The molecule has 1 aliphatic rings. The molecule has 0 saturated carbocycles. The van der Waals surface area contributed by atoms with Gasteiger partial charge in [-0.1, -0.05) is 67.1 Å². The van der Waals surface area contributed by atoms with Crippen molar-refractivity contribution in [3.63, 3.8) is 0 Å². The minimum Gasteiger partial charge on any atom is -0.354 e. The lowest BCUT2D eigenvalue weighted by Crippen LogP contribution is -2.48. The highest BCUT2D eigenvalue weighted by Gasteiger charge is 2.29. The highest BCUT2D eigenvalue weighted by atomic mass is 32.2. The van der Waals surface area contributed by atoms with Crippen LogP contribution in [-0.2, 0) is 38.9 Å². The molecule has 0 bridgehead atoms. The third kappa shape index (κ3) is 6.64. The van der Waals surface area contributed by atoms with Crippen LogP contribution in [0.3, 0.4) is 0 Å². The number of nitrogens with one attached hydrogen (secondary N) is 2. The fourth-order valence-corrected chi connectivity index (χ4v) is 5.74. The standard InChI is InChI=1S/C29H33N3O4S/c1-3-28(33)32-18-16-24-20-25(13-14-27(24)32)37(35,36)31-26(19-23-7-5-4-6-8-23)29(34)30-17-15-22-11-9-21(2)10-12-22/h4-14,20,26,31H,3,15-19H2,1-2H3,(H,30,34)/t26-/m1/s1. The van der Waals surface area contributed by atoms with Gasteiger partial charge in [-0.15, -0.1) is 0 Å². The number of fused-ring (bicyclic) bond motifs is 1. The van der Waals surface area contributed by atoms with Gasteiger partial charge < -0.3 is 10.2 Å². The van der Waals surface area contributed by atoms with Gasteiger partial charge in [0.2, 0.25) is 21.8 Å². The monoisotopic (exact) mass is 519 g/mol. The Morgan fingerprint density at radius 3 is 2.41 bits per heavy atom. The molecule has 1 atom stereocenters. The van der Waals surface area contributed by atoms with Gasteiger partial charge in [0.15, 0.2) is 0 Å². The van der Waals surface area contributed by atoms with E-state index >= 15 is 0 Å². The highest BCUT2D eigenvalue weighted by Crippen LogP contribution is 2.30. The van der Waals surface area contributed by atoms with Crippen LogP contribution in [0.25, 0.3) is 0 Å². The zero-order valence-electron chi connectivity index (χ0n) is 21.2.